The Morgan fingerprint density at radius 3 is 2.68 bits per heavy atom. The van der Waals surface area contributed by atoms with Gasteiger partial charge in [0.2, 0.25) is 0 Å². The van der Waals surface area contributed by atoms with Gasteiger partial charge in [0.05, 0.1) is 13.2 Å². The first kappa shape index (κ1) is 12.7. The molecule has 6 heteroatoms. The molecule has 106 valence electrons. The Hall–Kier alpha value is -1.30. The van der Waals surface area contributed by atoms with Gasteiger partial charge in [0, 0.05) is 13.1 Å². The third-order valence-corrected chi connectivity index (χ3v) is 4.60. The molecule has 3 fully saturated rings. The standard InChI is InChI=1S/C13H20N2O4/c16-11(17)10-7-19-6-5-15(10)12(18)14-8-13(3-4-13)9-1-2-9/h9-10H,1-8H2,(H,14,18)(H,16,17). The van der Waals surface area contributed by atoms with Crippen LogP contribution in [0.2, 0.25) is 0 Å². The van der Waals surface area contributed by atoms with Gasteiger partial charge in [0.15, 0.2) is 6.04 Å². The van der Waals surface area contributed by atoms with Crippen LogP contribution < -0.4 is 5.32 Å². The molecule has 2 amide bonds. The molecule has 1 atom stereocenters. The van der Waals surface area contributed by atoms with Crippen molar-refractivity contribution >= 4 is 12.0 Å². The zero-order valence-electron chi connectivity index (χ0n) is 10.9. The SMILES string of the molecule is O=C(O)C1COCCN1C(=O)NCC1(C2CC2)CC1. The first-order valence-corrected chi connectivity index (χ1v) is 6.97. The second-order valence-electron chi connectivity index (χ2n) is 5.92. The summed E-state index contributed by atoms with van der Waals surface area (Å²) >= 11 is 0. The number of hydrogen-bond acceptors (Lipinski definition) is 3. The largest absolute Gasteiger partial charge is 0.480 e. The lowest BCUT2D eigenvalue weighted by Crippen LogP contribution is -2.56. The molecule has 0 radical (unpaired) electrons. The van der Waals surface area contributed by atoms with Crippen LogP contribution in [0.15, 0.2) is 0 Å². The Bertz CT molecular complexity index is 390. The summed E-state index contributed by atoms with van der Waals surface area (Å²) in [5, 5.41) is 12.0. The molecule has 2 aliphatic carbocycles. The first-order valence-electron chi connectivity index (χ1n) is 6.97. The predicted octanol–water partition coefficient (Wildman–Crippen LogP) is 0.672. The van der Waals surface area contributed by atoms with Crippen molar-refractivity contribution in [2.75, 3.05) is 26.3 Å². The van der Waals surface area contributed by atoms with Crippen molar-refractivity contribution in [3.63, 3.8) is 0 Å². The monoisotopic (exact) mass is 268 g/mol. The van der Waals surface area contributed by atoms with Crippen molar-refractivity contribution in [3.05, 3.63) is 0 Å². The first-order chi connectivity index (χ1) is 9.12. The number of ether oxygens (including phenoxy) is 1. The van der Waals surface area contributed by atoms with Gasteiger partial charge in [-0.05, 0) is 37.0 Å². The molecule has 3 rings (SSSR count). The van der Waals surface area contributed by atoms with E-state index in [0.29, 0.717) is 25.1 Å². The van der Waals surface area contributed by atoms with E-state index in [2.05, 4.69) is 5.32 Å². The van der Waals surface area contributed by atoms with Gasteiger partial charge in [0.1, 0.15) is 0 Å². The van der Waals surface area contributed by atoms with Crippen molar-refractivity contribution in [1.82, 2.24) is 10.2 Å². The summed E-state index contributed by atoms with van der Waals surface area (Å²) in [7, 11) is 0. The normalized spacial score (nSPS) is 28.8. The van der Waals surface area contributed by atoms with Gasteiger partial charge in [-0.2, -0.15) is 0 Å². The fourth-order valence-electron chi connectivity index (χ4n) is 2.99. The molecule has 3 aliphatic rings. The quantitative estimate of drug-likeness (QED) is 0.785. The Morgan fingerprint density at radius 2 is 2.11 bits per heavy atom. The van der Waals surface area contributed by atoms with Crippen LogP contribution in [0.3, 0.4) is 0 Å². The molecule has 0 aromatic carbocycles. The summed E-state index contributed by atoms with van der Waals surface area (Å²) in [6.45, 7) is 1.53. The van der Waals surface area contributed by atoms with E-state index < -0.39 is 12.0 Å². The van der Waals surface area contributed by atoms with Crippen molar-refractivity contribution < 1.29 is 19.4 Å². The fraction of sp³-hybridized carbons (Fsp3) is 0.846. The molecule has 0 aromatic rings. The lowest BCUT2D eigenvalue weighted by atomic mass is 10.0. The van der Waals surface area contributed by atoms with Crippen molar-refractivity contribution in [2.45, 2.75) is 31.7 Å². The van der Waals surface area contributed by atoms with E-state index in [4.69, 9.17) is 9.84 Å². The predicted molar refractivity (Wildman–Crippen MR) is 66.7 cm³/mol. The van der Waals surface area contributed by atoms with Gasteiger partial charge in [-0.25, -0.2) is 9.59 Å². The highest BCUT2D eigenvalue weighted by Gasteiger charge is 2.53. The minimum atomic E-state index is -1.00. The molecule has 1 aliphatic heterocycles. The summed E-state index contributed by atoms with van der Waals surface area (Å²) in [6, 6.07) is -1.12. The Balaban J connectivity index is 1.55. The van der Waals surface area contributed by atoms with E-state index in [9.17, 15) is 9.59 Å². The van der Waals surface area contributed by atoms with E-state index in [1.165, 1.54) is 30.6 Å². The molecular formula is C13H20N2O4. The second-order valence-corrected chi connectivity index (χ2v) is 5.92. The van der Waals surface area contributed by atoms with E-state index in [-0.39, 0.29) is 12.6 Å². The number of nitrogens with zero attached hydrogens (tertiary/aromatic N) is 1. The maximum atomic E-state index is 12.1. The molecule has 0 bridgehead atoms. The highest BCUT2D eigenvalue weighted by Crippen LogP contribution is 2.60. The summed E-state index contributed by atoms with van der Waals surface area (Å²) in [5.74, 6) is -0.217. The number of nitrogens with one attached hydrogen (secondary N) is 1. The number of carboxylic acids is 1. The van der Waals surface area contributed by atoms with Crippen LogP contribution in [-0.4, -0.2) is 54.4 Å². The average Bonchev–Trinajstić information content (AvgIpc) is 3.28. The number of urea groups is 1. The number of morpholine rings is 1. The van der Waals surface area contributed by atoms with Crippen LogP contribution in [-0.2, 0) is 9.53 Å². The minimum absolute atomic E-state index is 0.0799. The van der Waals surface area contributed by atoms with Crippen LogP contribution in [0.5, 0.6) is 0 Å². The third-order valence-electron chi connectivity index (χ3n) is 4.60. The molecule has 2 saturated carbocycles. The maximum absolute atomic E-state index is 12.1. The molecule has 1 heterocycles. The second kappa shape index (κ2) is 4.67. The topological polar surface area (TPSA) is 78.9 Å². The number of carboxylic acid groups (broad SMARTS) is 1. The number of carbonyl (C=O) groups is 2. The number of aliphatic carboxylic acids is 1. The molecule has 1 unspecified atom stereocenters. The maximum Gasteiger partial charge on any atom is 0.328 e. The summed E-state index contributed by atoms with van der Waals surface area (Å²) in [6.07, 6.45) is 4.96. The van der Waals surface area contributed by atoms with Gasteiger partial charge in [0.25, 0.3) is 0 Å². The molecule has 0 aromatic heterocycles. The van der Waals surface area contributed by atoms with E-state index >= 15 is 0 Å². The van der Waals surface area contributed by atoms with Crippen molar-refractivity contribution in [2.24, 2.45) is 11.3 Å². The molecular weight excluding hydrogens is 248 g/mol. The lowest BCUT2D eigenvalue weighted by Gasteiger charge is -2.33. The number of hydrogen-bond donors (Lipinski definition) is 2. The van der Waals surface area contributed by atoms with Crippen LogP contribution in [0.25, 0.3) is 0 Å². The highest BCUT2D eigenvalue weighted by atomic mass is 16.5. The summed E-state index contributed by atoms with van der Waals surface area (Å²) in [4.78, 5) is 24.6. The zero-order chi connectivity index (χ0) is 13.5. The number of rotatable bonds is 4. The average molecular weight is 268 g/mol. The molecule has 6 nitrogen and oxygen atoms in total. The summed E-state index contributed by atoms with van der Waals surface area (Å²) < 4.78 is 5.13. The molecule has 0 spiro atoms. The third kappa shape index (κ3) is 2.54. The molecule has 2 N–H and O–H groups in total. The van der Waals surface area contributed by atoms with Crippen LogP contribution in [0.4, 0.5) is 4.79 Å². The Morgan fingerprint density at radius 1 is 1.37 bits per heavy atom. The van der Waals surface area contributed by atoms with Crippen LogP contribution in [0, 0.1) is 11.3 Å². The Kier molecular flexibility index (Phi) is 3.12. The number of carbonyl (C=O) groups excluding carboxylic acids is 1. The van der Waals surface area contributed by atoms with Gasteiger partial charge in [-0.1, -0.05) is 0 Å². The molecule has 1 saturated heterocycles. The van der Waals surface area contributed by atoms with Crippen molar-refractivity contribution in [1.29, 1.82) is 0 Å². The smallest absolute Gasteiger partial charge is 0.328 e. The van der Waals surface area contributed by atoms with E-state index in [1.807, 2.05) is 0 Å². The van der Waals surface area contributed by atoms with Crippen LogP contribution in [0.1, 0.15) is 25.7 Å². The van der Waals surface area contributed by atoms with Gasteiger partial charge >= 0.3 is 12.0 Å². The van der Waals surface area contributed by atoms with Crippen molar-refractivity contribution in [3.8, 4) is 0 Å². The number of amides is 2. The highest BCUT2D eigenvalue weighted by molar-refractivity contribution is 5.83. The van der Waals surface area contributed by atoms with Gasteiger partial charge < -0.3 is 20.1 Å². The minimum Gasteiger partial charge on any atom is -0.480 e. The van der Waals surface area contributed by atoms with Crippen LogP contribution >= 0.6 is 0 Å². The summed E-state index contributed by atoms with van der Waals surface area (Å²) in [5.41, 5.74) is 0.334. The fourth-order valence-corrected chi connectivity index (χ4v) is 2.99. The van der Waals surface area contributed by atoms with E-state index in [1.54, 1.807) is 0 Å². The van der Waals surface area contributed by atoms with E-state index in [0.717, 1.165) is 5.92 Å². The zero-order valence-corrected chi connectivity index (χ0v) is 10.9. The van der Waals surface area contributed by atoms with Gasteiger partial charge in [-0.3, -0.25) is 0 Å². The molecule has 19 heavy (non-hydrogen) atoms. The Labute approximate surface area is 112 Å². The lowest BCUT2D eigenvalue weighted by molar-refractivity contribution is -0.147. The van der Waals surface area contributed by atoms with Gasteiger partial charge in [-0.15, -0.1) is 0 Å².